The second-order valence-corrected chi connectivity index (χ2v) is 5.59. The van der Waals surface area contributed by atoms with Crippen molar-refractivity contribution < 1.29 is 4.79 Å². The van der Waals surface area contributed by atoms with E-state index in [-0.39, 0.29) is 17.9 Å². The predicted molar refractivity (Wildman–Crippen MR) is 75.6 cm³/mol. The molecule has 6 nitrogen and oxygen atoms in total. The van der Waals surface area contributed by atoms with E-state index in [0.29, 0.717) is 6.42 Å². The number of hydrogen-bond acceptors (Lipinski definition) is 3. The fourth-order valence-electron chi connectivity index (χ4n) is 2.88. The molecule has 0 saturated heterocycles. The summed E-state index contributed by atoms with van der Waals surface area (Å²) in [4.78, 5) is 16.5. The molecule has 3 rings (SSSR count). The Balaban J connectivity index is 2.18. The molecule has 0 saturated carbocycles. The minimum Gasteiger partial charge on any atom is -0.337 e. The molecule has 0 fully saturated rings. The van der Waals surface area contributed by atoms with Gasteiger partial charge in [-0.3, -0.25) is 4.79 Å². The lowest BCUT2D eigenvalue weighted by Crippen LogP contribution is -2.26. The van der Waals surface area contributed by atoms with Crippen LogP contribution in [-0.2, 0) is 11.8 Å². The Kier molecular flexibility index (Phi) is 2.88. The van der Waals surface area contributed by atoms with Crippen LogP contribution in [0.1, 0.15) is 49.3 Å². The number of aryl methyl sites for hydroxylation is 2. The van der Waals surface area contributed by atoms with Gasteiger partial charge in [-0.15, -0.1) is 0 Å². The summed E-state index contributed by atoms with van der Waals surface area (Å²) in [5.74, 6) is 1.73. The normalized spacial score (nSPS) is 18.2. The molecule has 1 N–H and O–H groups in total. The van der Waals surface area contributed by atoms with Gasteiger partial charge in [-0.05, 0) is 20.8 Å². The standard InChI is InChI=1S/C14H19N5O/c1-8(2)19-14-12(9(3)17-19)10(7-11(20)16-14)13-15-5-6-18(13)4/h5-6,8,10H,7H2,1-4H3,(H,16,20). The Morgan fingerprint density at radius 1 is 1.45 bits per heavy atom. The van der Waals surface area contributed by atoms with E-state index >= 15 is 0 Å². The summed E-state index contributed by atoms with van der Waals surface area (Å²) in [6.07, 6.45) is 4.09. The van der Waals surface area contributed by atoms with Gasteiger partial charge in [0.2, 0.25) is 5.91 Å². The van der Waals surface area contributed by atoms with E-state index in [1.165, 1.54) is 0 Å². The average Bonchev–Trinajstić information content (AvgIpc) is 2.93. The molecule has 1 unspecified atom stereocenters. The molecule has 2 aromatic rings. The SMILES string of the molecule is Cc1nn(C(C)C)c2c1C(c1nccn1C)CC(=O)N2. The summed E-state index contributed by atoms with van der Waals surface area (Å²) in [5, 5.41) is 7.55. The van der Waals surface area contributed by atoms with Crippen molar-refractivity contribution in [3.05, 3.63) is 29.5 Å². The lowest BCUT2D eigenvalue weighted by molar-refractivity contribution is -0.116. The minimum absolute atomic E-state index is 0.0206. The van der Waals surface area contributed by atoms with E-state index in [0.717, 1.165) is 22.9 Å². The van der Waals surface area contributed by atoms with Crippen molar-refractivity contribution in [2.75, 3.05) is 5.32 Å². The molecule has 0 aliphatic carbocycles. The van der Waals surface area contributed by atoms with Crippen LogP contribution in [0.25, 0.3) is 0 Å². The van der Waals surface area contributed by atoms with Crippen LogP contribution in [0.2, 0.25) is 0 Å². The van der Waals surface area contributed by atoms with Crippen molar-refractivity contribution in [2.24, 2.45) is 7.05 Å². The average molecular weight is 273 g/mol. The third-order valence-corrected chi connectivity index (χ3v) is 3.79. The van der Waals surface area contributed by atoms with Crippen LogP contribution in [-0.4, -0.2) is 25.2 Å². The number of carbonyl (C=O) groups is 1. The largest absolute Gasteiger partial charge is 0.337 e. The highest BCUT2D eigenvalue weighted by Gasteiger charge is 2.34. The highest BCUT2D eigenvalue weighted by molar-refractivity contribution is 5.94. The number of imidazole rings is 1. The molecule has 20 heavy (non-hydrogen) atoms. The van der Waals surface area contributed by atoms with E-state index in [2.05, 4.69) is 29.2 Å². The van der Waals surface area contributed by atoms with Crippen LogP contribution < -0.4 is 5.32 Å². The maximum absolute atomic E-state index is 12.0. The summed E-state index contributed by atoms with van der Waals surface area (Å²) in [6.45, 7) is 6.11. The first-order chi connectivity index (χ1) is 9.49. The summed E-state index contributed by atoms with van der Waals surface area (Å²) >= 11 is 0. The maximum atomic E-state index is 12.0. The zero-order chi connectivity index (χ0) is 14.4. The highest BCUT2D eigenvalue weighted by atomic mass is 16.1. The smallest absolute Gasteiger partial charge is 0.226 e. The summed E-state index contributed by atoms with van der Waals surface area (Å²) in [6, 6.07) is 0.206. The molecule has 1 atom stereocenters. The van der Waals surface area contributed by atoms with Crippen LogP contribution in [0.5, 0.6) is 0 Å². The number of rotatable bonds is 2. The zero-order valence-corrected chi connectivity index (χ0v) is 12.2. The van der Waals surface area contributed by atoms with Gasteiger partial charge in [0.25, 0.3) is 0 Å². The van der Waals surface area contributed by atoms with Crippen molar-refractivity contribution in [3.8, 4) is 0 Å². The van der Waals surface area contributed by atoms with Gasteiger partial charge in [0, 0.05) is 37.5 Å². The van der Waals surface area contributed by atoms with E-state index in [9.17, 15) is 4.79 Å². The minimum atomic E-state index is -0.0220. The molecular weight excluding hydrogens is 254 g/mol. The van der Waals surface area contributed by atoms with Gasteiger partial charge in [-0.1, -0.05) is 0 Å². The van der Waals surface area contributed by atoms with Gasteiger partial charge in [0.15, 0.2) is 0 Å². The lowest BCUT2D eigenvalue weighted by Gasteiger charge is -2.24. The predicted octanol–water partition coefficient (Wildman–Crippen LogP) is 1.98. The zero-order valence-electron chi connectivity index (χ0n) is 12.2. The molecule has 1 aliphatic heterocycles. The first-order valence-electron chi connectivity index (χ1n) is 6.85. The molecule has 2 aromatic heterocycles. The molecule has 6 heteroatoms. The molecule has 106 valence electrons. The third kappa shape index (κ3) is 1.83. The van der Waals surface area contributed by atoms with Gasteiger partial charge in [0.05, 0.1) is 11.6 Å². The topological polar surface area (TPSA) is 64.7 Å². The van der Waals surface area contributed by atoms with Gasteiger partial charge in [-0.2, -0.15) is 5.10 Å². The number of fused-ring (bicyclic) bond motifs is 1. The summed E-state index contributed by atoms with van der Waals surface area (Å²) in [5.41, 5.74) is 2.05. The molecule has 0 bridgehead atoms. The van der Waals surface area contributed by atoms with E-state index in [1.54, 1.807) is 6.20 Å². The Hall–Kier alpha value is -2.11. The van der Waals surface area contributed by atoms with Crippen molar-refractivity contribution in [3.63, 3.8) is 0 Å². The molecule has 3 heterocycles. The van der Waals surface area contributed by atoms with Crippen molar-refractivity contribution in [1.82, 2.24) is 19.3 Å². The number of hydrogen-bond donors (Lipinski definition) is 1. The number of nitrogens with one attached hydrogen (secondary N) is 1. The molecule has 0 aromatic carbocycles. The van der Waals surface area contributed by atoms with Crippen LogP contribution in [0.4, 0.5) is 5.82 Å². The maximum Gasteiger partial charge on any atom is 0.226 e. The van der Waals surface area contributed by atoms with Gasteiger partial charge in [0.1, 0.15) is 11.6 Å². The van der Waals surface area contributed by atoms with Gasteiger partial charge < -0.3 is 9.88 Å². The fraction of sp³-hybridized carbons (Fsp3) is 0.500. The number of nitrogens with zero attached hydrogens (tertiary/aromatic N) is 4. The molecule has 0 radical (unpaired) electrons. The molecule has 0 spiro atoms. The number of amides is 1. The first kappa shape index (κ1) is 12.9. The highest BCUT2D eigenvalue weighted by Crippen LogP contribution is 2.39. The lowest BCUT2D eigenvalue weighted by atomic mass is 9.91. The van der Waals surface area contributed by atoms with Gasteiger partial charge in [-0.25, -0.2) is 9.67 Å². The summed E-state index contributed by atoms with van der Waals surface area (Å²) in [7, 11) is 1.96. The molecule has 1 amide bonds. The van der Waals surface area contributed by atoms with Gasteiger partial charge >= 0.3 is 0 Å². The van der Waals surface area contributed by atoms with E-state index < -0.39 is 0 Å². The Bertz CT molecular complexity index is 667. The van der Waals surface area contributed by atoms with Crippen LogP contribution in [0.3, 0.4) is 0 Å². The van der Waals surface area contributed by atoms with Crippen LogP contribution in [0, 0.1) is 6.92 Å². The number of aromatic nitrogens is 4. The molecular formula is C14H19N5O. The Morgan fingerprint density at radius 3 is 2.80 bits per heavy atom. The first-order valence-corrected chi connectivity index (χ1v) is 6.85. The second kappa shape index (κ2) is 4.47. The van der Waals surface area contributed by atoms with Crippen molar-refractivity contribution in [2.45, 2.75) is 39.2 Å². The quantitative estimate of drug-likeness (QED) is 0.910. The molecule has 1 aliphatic rings. The fourth-order valence-corrected chi connectivity index (χ4v) is 2.88. The van der Waals surface area contributed by atoms with Crippen molar-refractivity contribution >= 4 is 11.7 Å². The third-order valence-electron chi connectivity index (χ3n) is 3.79. The second-order valence-electron chi connectivity index (χ2n) is 5.59. The monoisotopic (exact) mass is 273 g/mol. The van der Waals surface area contributed by atoms with Crippen molar-refractivity contribution in [1.29, 1.82) is 0 Å². The Morgan fingerprint density at radius 2 is 2.20 bits per heavy atom. The van der Waals surface area contributed by atoms with E-state index in [4.69, 9.17) is 0 Å². The Labute approximate surface area is 117 Å². The van der Waals surface area contributed by atoms with Crippen LogP contribution in [0.15, 0.2) is 12.4 Å². The van der Waals surface area contributed by atoms with E-state index in [1.807, 2.05) is 29.4 Å². The van der Waals surface area contributed by atoms with Crippen LogP contribution >= 0.6 is 0 Å². The number of anilines is 1. The number of carbonyl (C=O) groups excluding carboxylic acids is 1. The summed E-state index contributed by atoms with van der Waals surface area (Å²) < 4.78 is 3.86.